The first-order valence-corrected chi connectivity index (χ1v) is 18.0. The Morgan fingerprint density at radius 2 is 1.06 bits per heavy atom. The number of aromatic hydroxyl groups is 2. The Balaban J connectivity index is 0.000000232. The molecule has 0 aromatic heterocycles. The van der Waals surface area contributed by atoms with E-state index in [4.69, 9.17) is 4.74 Å². The Bertz CT molecular complexity index is 1740. The quantitative estimate of drug-likeness (QED) is 0.123. The fraction of sp³-hybridized carbons (Fsp3) is 0.304. The Morgan fingerprint density at radius 1 is 0.600 bits per heavy atom. The number of likely N-dealkylation sites (N-methyl/N-ethyl adjacent to an activating group) is 1. The van der Waals surface area contributed by atoms with Crippen molar-refractivity contribution < 1.29 is 14.9 Å². The lowest BCUT2D eigenvalue weighted by atomic mass is 9.77. The van der Waals surface area contributed by atoms with Crippen molar-refractivity contribution in [2.24, 2.45) is 0 Å². The van der Waals surface area contributed by atoms with Crippen LogP contribution in [0.2, 0.25) is 0 Å². The summed E-state index contributed by atoms with van der Waals surface area (Å²) in [5.41, 5.74) is 10.8. The lowest BCUT2D eigenvalue weighted by Gasteiger charge is -2.27. The number of phenols is 2. The van der Waals surface area contributed by atoms with E-state index in [0.29, 0.717) is 29.9 Å². The van der Waals surface area contributed by atoms with E-state index in [1.165, 1.54) is 39.0 Å². The van der Waals surface area contributed by atoms with Gasteiger partial charge in [0.05, 0.1) is 0 Å². The molecule has 0 amide bonds. The van der Waals surface area contributed by atoms with Crippen LogP contribution in [-0.4, -0.2) is 42.4 Å². The molecule has 5 aromatic rings. The highest BCUT2D eigenvalue weighted by atomic mass is 16.5. The molecule has 2 atom stereocenters. The first kappa shape index (κ1) is 38.0. The second kappa shape index (κ2) is 18.8. The number of allylic oxidation sites excluding steroid dienone is 1. The van der Waals surface area contributed by atoms with E-state index in [1.807, 2.05) is 26.0 Å². The van der Waals surface area contributed by atoms with Crippen molar-refractivity contribution in [2.75, 3.05) is 27.2 Å². The molecule has 2 unspecified atom stereocenters. The van der Waals surface area contributed by atoms with Gasteiger partial charge in [0.25, 0.3) is 0 Å². The molecule has 0 aliphatic rings. The van der Waals surface area contributed by atoms with Crippen LogP contribution >= 0.6 is 0 Å². The van der Waals surface area contributed by atoms with Crippen LogP contribution in [0.3, 0.4) is 0 Å². The predicted molar refractivity (Wildman–Crippen MR) is 211 cm³/mol. The molecular weight excluding hydrogens is 615 g/mol. The Labute approximate surface area is 300 Å². The highest BCUT2D eigenvalue weighted by Crippen LogP contribution is 2.40. The maximum Gasteiger partial charge on any atom is 0.119 e. The van der Waals surface area contributed by atoms with Gasteiger partial charge in [0.15, 0.2) is 0 Å². The summed E-state index contributed by atoms with van der Waals surface area (Å²) in [5, 5.41) is 19.5. The van der Waals surface area contributed by atoms with E-state index in [9.17, 15) is 10.2 Å². The summed E-state index contributed by atoms with van der Waals surface area (Å²) in [6.07, 6.45) is 3.06. The molecule has 0 saturated heterocycles. The van der Waals surface area contributed by atoms with Crippen molar-refractivity contribution in [1.82, 2.24) is 4.90 Å². The normalized spacial score (nSPS) is 12.8. The third-order valence-corrected chi connectivity index (χ3v) is 9.45. The molecule has 0 heterocycles. The van der Waals surface area contributed by atoms with Crippen molar-refractivity contribution in [3.05, 3.63) is 160 Å². The van der Waals surface area contributed by atoms with Crippen molar-refractivity contribution in [3.8, 4) is 17.2 Å². The largest absolute Gasteiger partial charge is 0.508 e. The first-order valence-electron chi connectivity index (χ1n) is 18.0. The van der Waals surface area contributed by atoms with Crippen LogP contribution in [0.25, 0.3) is 11.1 Å². The van der Waals surface area contributed by atoms with Crippen LogP contribution in [0.1, 0.15) is 90.8 Å². The van der Waals surface area contributed by atoms with E-state index in [0.717, 1.165) is 42.7 Å². The van der Waals surface area contributed by atoms with Gasteiger partial charge in [-0.2, -0.15) is 0 Å². The zero-order valence-electron chi connectivity index (χ0n) is 31.0. The second-order valence-corrected chi connectivity index (χ2v) is 13.2. The minimum Gasteiger partial charge on any atom is -0.508 e. The van der Waals surface area contributed by atoms with Crippen molar-refractivity contribution in [2.45, 2.75) is 65.7 Å². The zero-order chi connectivity index (χ0) is 36.0. The SMILES string of the molecule is CC/C(=C(\c1ccccc1)c1ccc(OCCN(C)C)cc1)c1ccccc1.CCC(c1ccc(O)c(C)c1)C(CC)c1ccc(O)c(C)c1. The number of phenolic OH excluding ortho intramolecular Hbond substituents is 2. The Morgan fingerprint density at radius 3 is 1.48 bits per heavy atom. The molecule has 2 N–H and O–H groups in total. The van der Waals surface area contributed by atoms with E-state index >= 15 is 0 Å². The van der Waals surface area contributed by atoms with Gasteiger partial charge in [0.2, 0.25) is 0 Å². The molecule has 4 heteroatoms. The number of ether oxygens (including phenoxy) is 1. The molecule has 0 aliphatic heterocycles. The molecule has 0 bridgehead atoms. The maximum absolute atomic E-state index is 9.75. The summed E-state index contributed by atoms with van der Waals surface area (Å²) in [4.78, 5) is 2.12. The number of hydrogen-bond donors (Lipinski definition) is 2. The number of nitrogens with zero attached hydrogens (tertiary/aromatic N) is 1. The lowest BCUT2D eigenvalue weighted by Crippen LogP contribution is -2.19. The van der Waals surface area contributed by atoms with Gasteiger partial charge in [-0.1, -0.05) is 118 Å². The molecule has 0 spiro atoms. The van der Waals surface area contributed by atoms with Gasteiger partial charge in [-0.3, -0.25) is 0 Å². The molecule has 0 radical (unpaired) electrons. The fourth-order valence-electron chi connectivity index (χ4n) is 6.67. The first-order chi connectivity index (χ1) is 24.2. The smallest absolute Gasteiger partial charge is 0.119 e. The monoisotopic (exact) mass is 669 g/mol. The van der Waals surface area contributed by atoms with Crippen LogP contribution in [0.15, 0.2) is 121 Å². The third kappa shape index (κ3) is 10.1. The van der Waals surface area contributed by atoms with Crippen molar-refractivity contribution in [1.29, 1.82) is 0 Å². The van der Waals surface area contributed by atoms with Gasteiger partial charge in [-0.15, -0.1) is 0 Å². The molecule has 5 aromatic carbocycles. The number of benzene rings is 5. The Kier molecular flexibility index (Phi) is 14.3. The summed E-state index contributed by atoms with van der Waals surface area (Å²) in [7, 11) is 4.11. The van der Waals surface area contributed by atoms with Gasteiger partial charge in [-0.05, 0) is 133 Å². The highest BCUT2D eigenvalue weighted by Gasteiger charge is 2.23. The van der Waals surface area contributed by atoms with E-state index in [-0.39, 0.29) is 0 Å². The third-order valence-electron chi connectivity index (χ3n) is 9.45. The summed E-state index contributed by atoms with van der Waals surface area (Å²) in [6.45, 7) is 12.1. The lowest BCUT2D eigenvalue weighted by molar-refractivity contribution is 0.261. The zero-order valence-corrected chi connectivity index (χ0v) is 31.0. The molecule has 0 aliphatic carbocycles. The van der Waals surface area contributed by atoms with Crippen LogP contribution in [0.4, 0.5) is 0 Å². The van der Waals surface area contributed by atoms with Crippen LogP contribution in [0.5, 0.6) is 17.2 Å². The number of hydrogen-bond acceptors (Lipinski definition) is 4. The fourth-order valence-corrected chi connectivity index (χ4v) is 6.67. The van der Waals surface area contributed by atoms with E-state index in [2.05, 4.69) is 137 Å². The molecule has 262 valence electrons. The van der Waals surface area contributed by atoms with Crippen molar-refractivity contribution in [3.63, 3.8) is 0 Å². The van der Waals surface area contributed by atoms with E-state index < -0.39 is 0 Å². The molecule has 0 saturated carbocycles. The predicted octanol–water partition coefficient (Wildman–Crippen LogP) is 11.4. The van der Waals surface area contributed by atoms with Gasteiger partial charge in [0, 0.05) is 6.54 Å². The average molecular weight is 670 g/mol. The van der Waals surface area contributed by atoms with Crippen LogP contribution < -0.4 is 4.74 Å². The molecule has 4 nitrogen and oxygen atoms in total. The molecule has 50 heavy (non-hydrogen) atoms. The highest BCUT2D eigenvalue weighted by molar-refractivity contribution is 5.98. The summed E-state index contributed by atoms with van der Waals surface area (Å²) in [5.74, 6) is 2.44. The van der Waals surface area contributed by atoms with Gasteiger partial charge >= 0.3 is 0 Å². The summed E-state index contributed by atoms with van der Waals surface area (Å²) in [6, 6.07) is 41.7. The Hall–Kier alpha value is -4.80. The topological polar surface area (TPSA) is 52.9 Å². The van der Waals surface area contributed by atoms with Gasteiger partial charge in [0.1, 0.15) is 23.9 Å². The van der Waals surface area contributed by atoms with Gasteiger partial charge in [-0.25, -0.2) is 0 Å². The molecule has 5 rings (SSSR count). The van der Waals surface area contributed by atoms with E-state index in [1.54, 1.807) is 12.1 Å². The second-order valence-electron chi connectivity index (χ2n) is 13.2. The standard InChI is InChI=1S/C26H29NO.C20H26O2/c1-4-25(21-11-7-5-8-12-21)26(22-13-9-6-10-14-22)23-15-17-24(18-16-23)28-20-19-27(2)3;1-5-17(15-7-9-19(21)13(3)11-15)18(6-2)16-8-10-20(22)14(4)12-16/h5-18H,4,19-20H2,1-3H3;7-12,17-18,21-22H,5-6H2,1-4H3/b26-25-;. The minimum absolute atomic E-state index is 0.354. The van der Waals surface area contributed by atoms with Crippen molar-refractivity contribution >= 4 is 11.1 Å². The van der Waals surface area contributed by atoms with Gasteiger partial charge < -0.3 is 19.8 Å². The number of aryl methyl sites for hydroxylation is 2. The number of rotatable bonds is 13. The molecular formula is C46H55NO3. The maximum atomic E-state index is 9.75. The average Bonchev–Trinajstić information content (AvgIpc) is 3.13. The van der Waals surface area contributed by atoms with Crippen LogP contribution in [-0.2, 0) is 0 Å². The summed E-state index contributed by atoms with van der Waals surface area (Å²) >= 11 is 0. The molecule has 0 fully saturated rings. The minimum atomic E-state index is 0.354. The summed E-state index contributed by atoms with van der Waals surface area (Å²) < 4.78 is 5.87. The van der Waals surface area contributed by atoms with Crippen LogP contribution in [0, 0.1) is 13.8 Å².